The maximum atomic E-state index is 5.89. The Kier molecular flexibility index (Phi) is 4.11. The SMILES string of the molecule is COc1ccccc1Oc1cc(CCl)ccc1C. The fourth-order valence-electron chi connectivity index (χ4n) is 1.66. The summed E-state index contributed by atoms with van der Waals surface area (Å²) in [6.07, 6.45) is 0. The van der Waals surface area contributed by atoms with Crippen LogP contribution in [0.2, 0.25) is 0 Å². The van der Waals surface area contributed by atoms with Crippen molar-refractivity contribution in [3.8, 4) is 17.2 Å². The Morgan fingerprint density at radius 2 is 1.72 bits per heavy atom. The van der Waals surface area contributed by atoms with Crippen LogP contribution in [0.5, 0.6) is 17.2 Å². The Hall–Kier alpha value is -1.67. The number of para-hydroxylation sites is 2. The average molecular weight is 263 g/mol. The Labute approximate surface area is 112 Å². The molecule has 0 N–H and O–H groups in total. The third-order valence-corrected chi connectivity index (χ3v) is 3.00. The van der Waals surface area contributed by atoms with Gasteiger partial charge in [0, 0.05) is 5.88 Å². The van der Waals surface area contributed by atoms with Gasteiger partial charge in [-0.3, -0.25) is 0 Å². The first-order valence-corrected chi connectivity index (χ1v) is 6.24. The minimum Gasteiger partial charge on any atom is -0.493 e. The molecule has 0 fully saturated rings. The van der Waals surface area contributed by atoms with Crippen molar-refractivity contribution >= 4 is 11.6 Å². The Morgan fingerprint density at radius 1 is 1.00 bits per heavy atom. The Balaban J connectivity index is 2.33. The number of ether oxygens (including phenoxy) is 2. The fourth-order valence-corrected chi connectivity index (χ4v) is 1.83. The van der Waals surface area contributed by atoms with E-state index in [1.54, 1.807) is 7.11 Å². The van der Waals surface area contributed by atoms with Crippen molar-refractivity contribution in [3.05, 3.63) is 53.6 Å². The molecule has 0 radical (unpaired) electrons. The van der Waals surface area contributed by atoms with Crippen molar-refractivity contribution in [2.45, 2.75) is 12.8 Å². The molecule has 0 aliphatic carbocycles. The largest absolute Gasteiger partial charge is 0.493 e. The quantitative estimate of drug-likeness (QED) is 0.754. The number of benzene rings is 2. The van der Waals surface area contributed by atoms with E-state index in [1.165, 1.54) is 0 Å². The van der Waals surface area contributed by atoms with Crippen molar-refractivity contribution in [3.63, 3.8) is 0 Å². The summed E-state index contributed by atoms with van der Waals surface area (Å²) in [5.41, 5.74) is 2.10. The number of rotatable bonds is 4. The first kappa shape index (κ1) is 12.8. The highest BCUT2D eigenvalue weighted by Gasteiger charge is 2.07. The standard InChI is InChI=1S/C15H15ClO2/c1-11-7-8-12(10-16)9-15(11)18-14-6-4-3-5-13(14)17-2/h3-9H,10H2,1-2H3. The van der Waals surface area contributed by atoms with Gasteiger partial charge in [-0.2, -0.15) is 0 Å². The van der Waals surface area contributed by atoms with Gasteiger partial charge in [-0.05, 0) is 36.2 Å². The van der Waals surface area contributed by atoms with E-state index in [-0.39, 0.29) is 0 Å². The summed E-state index contributed by atoms with van der Waals surface area (Å²) in [5, 5.41) is 0. The highest BCUT2D eigenvalue weighted by molar-refractivity contribution is 6.17. The highest BCUT2D eigenvalue weighted by Crippen LogP contribution is 2.33. The Bertz CT molecular complexity index is 538. The number of methoxy groups -OCH3 is 1. The number of alkyl halides is 1. The smallest absolute Gasteiger partial charge is 0.169 e. The summed E-state index contributed by atoms with van der Waals surface area (Å²) < 4.78 is 11.2. The van der Waals surface area contributed by atoms with Gasteiger partial charge in [-0.1, -0.05) is 24.3 Å². The zero-order valence-electron chi connectivity index (χ0n) is 10.4. The van der Waals surface area contributed by atoms with E-state index in [9.17, 15) is 0 Å². The van der Waals surface area contributed by atoms with Gasteiger partial charge in [0.1, 0.15) is 5.75 Å². The predicted molar refractivity (Wildman–Crippen MR) is 73.8 cm³/mol. The second kappa shape index (κ2) is 5.78. The van der Waals surface area contributed by atoms with Crippen molar-refractivity contribution in [1.82, 2.24) is 0 Å². The first-order chi connectivity index (χ1) is 8.74. The first-order valence-electron chi connectivity index (χ1n) is 5.71. The van der Waals surface area contributed by atoms with Gasteiger partial charge in [-0.25, -0.2) is 0 Å². The molecule has 0 amide bonds. The molecule has 2 aromatic rings. The average Bonchev–Trinajstić information content (AvgIpc) is 2.42. The van der Waals surface area contributed by atoms with Gasteiger partial charge in [0.05, 0.1) is 7.11 Å². The molecular formula is C15H15ClO2. The molecule has 0 aliphatic rings. The van der Waals surface area contributed by atoms with Gasteiger partial charge < -0.3 is 9.47 Å². The van der Waals surface area contributed by atoms with Crippen LogP contribution in [0, 0.1) is 6.92 Å². The van der Waals surface area contributed by atoms with E-state index in [1.807, 2.05) is 49.4 Å². The van der Waals surface area contributed by atoms with Crippen molar-refractivity contribution < 1.29 is 9.47 Å². The maximum absolute atomic E-state index is 5.89. The van der Waals surface area contributed by atoms with Crippen LogP contribution in [0.1, 0.15) is 11.1 Å². The topological polar surface area (TPSA) is 18.5 Å². The summed E-state index contributed by atoms with van der Waals surface area (Å²) >= 11 is 5.83. The molecule has 0 bridgehead atoms. The van der Waals surface area contributed by atoms with Crippen LogP contribution >= 0.6 is 11.6 Å². The summed E-state index contributed by atoms with van der Waals surface area (Å²) in [7, 11) is 1.63. The van der Waals surface area contributed by atoms with E-state index in [0.717, 1.165) is 16.9 Å². The second-order valence-electron chi connectivity index (χ2n) is 3.99. The third kappa shape index (κ3) is 2.77. The van der Waals surface area contributed by atoms with Crippen LogP contribution in [-0.4, -0.2) is 7.11 Å². The number of aryl methyl sites for hydroxylation is 1. The van der Waals surface area contributed by atoms with Crippen LogP contribution in [0.15, 0.2) is 42.5 Å². The van der Waals surface area contributed by atoms with E-state index < -0.39 is 0 Å². The molecule has 0 saturated carbocycles. The lowest BCUT2D eigenvalue weighted by atomic mass is 10.1. The molecule has 0 unspecified atom stereocenters. The maximum Gasteiger partial charge on any atom is 0.169 e. The molecule has 0 spiro atoms. The van der Waals surface area contributed by atoms with Gasteiger partial charge >= 0.3 is 0 Å². The molecule has 2 aromatic carbocycles. The normalized spacial score (nSPS) is 10.2. The summed E-state index contributed by atoms with van der Waals surface area (Å²) in [4.78, 5) is 0. The molecular weight excluding hydrogens is 248 g/mol. The minimum absolute atomic E-state index is 0.475. The summed E-state index contributed by atoms with van der Waals surface area (Å²) in [6, 6.07) is 13.5. The summed E-state index contributed by atoms with van der Waals surface area (Å²) in [6.45, 7) is 2.00. The van der Waals surface area contributed by atoms with E-state index in [4.69, 9.17) is 21.1 Å². The van der Waals surface area contributed by atoms with Gasteiger partial charge in [0.2, 0.25) is 0 Å². The molecule has 18 heavy (non-hydrogen) atoms. The molecule has 0 atom stereocenters. The lowest BCUT2D eigenvalue weighted by molar-refractivity contribution is 0.378. The minimum atomic E-state index is 0.475. The number of hydrogen-bond acceptors (Lipinski definition) is 2. The Morgan fingerprint density at radius 3 is 2.39 bits per heavy atom. The van der Waals surface area contributed by atoms with Crippen LogP contribution in [0.4, 0.5) is 0 Å². The lowest BCUT2D eigenvalue weighted by Gasteiger charge is -2.12. The lowest BCUT2D eigenvalue weighted by Crippen LogP contribution is -1.92. The molecule has 2 nitrogen and oxygen atoms in total. The fraction of sp³-hybridized carbons (Fsp3) is 0.200. The highest BCUT2D eigenvalue weighted by atomic mass is 35.5. The predicted octanol–water partition coefficient (Wildman–Crippen LogP) is 4.53. The van der Waals surface area contributed by atoms with Crippen LogP contribution < -0.4 is 9.47 Å². The molecule has 2 rings (SSSR count). The van der Waals surface area contributed by atoms with Crippen LogP contribution in [-0.2, 0) is 5.88 Å². The third-order valence-electron chi connectivity index (χ3n) is 2.70. The molecule has 0 aromatic heterocycles. The van der Waals surface area contributed by atoms with E-state index >= 15 is 0 Å². The van der Waals surface area contributed by atoms with Crippen molar-refractivity contribution in [1.29, 1.82) is 0 Å². The number of halogens is 1. The number of hydrogen-bond donors (Lipinski definition) is 0. The van der Waals surface area contributed by atoms with Crippen molar-refractivity contribution in [2.75, 3.05) is 7.11 Å². The molecule has 94 valence electrons. The van der Waals surface area contributed by atoms with Crippen LogP contribution in [0.3, 0.4) is 0 Å². The zero-order valence-corrected chi connectivity index (χ0v) is 11.2. The van der Waals surface area contributed by atoms with Gasteiger partial charge in [-0.15, -0.1) is 11.6 Å². The molecule has 3 heteroatoms. The molecule has 0 aliphatic heterocycles. The summed E-state index contributed by atoms with van der Waals surface area (Å²) in [5.74, 6) is 2.70. The van der Waals surface area contributed by atoms with E-state index in [0.29, 0.717) is 17.4 Å². The monoisotopic (exact) mass is 262 g/mol. The van der Waals surface area contributed by atoms with Crippen molar-refractivity contribution in [2.24, 2.45) is 0 Å². The van der Waals surface area contributed by atoms with Gasteiger partial charge in [0.15, 0.2) is 11.5 Å². The zero-order chi connectivity index (χ0) is 13.0. The molecule has 0 saturated heterocycles. The van der Waals surface area contributed by atoms with Gasteiger partial charge in [0.25, 0.3) is 0 Å². The van der Waals surface area contributed by atoms with E-state index in [2.05, 4.69) is 0 Å². The second-order valence-corrected chi connectivity index (χ2v) is 4.25. The van der Waals surface area contributed by atoms with Crippen LogP contribution in [0.25, 0.3) is 0 Å². The molecule has 0 heterocycles.